The Bertz CT molecular complexity index is 949. The number of rotatable bonds is 45. The molecular formula is C48H95N5O5. The summed E-state index contributed by atoms with van der Waals surface area (Å²) in [6.07, 6.45) is 41.0. The van der Waals surface area contributed by atoms with E-state index >= 15 is 0 Å². The fourth-order valence-electron chi connectivity index (χ4n) is 7.60. The van der Waals surface area contributed by atoms with Crippen LogP contribution in [-0.2, 0) is 14.3 Å². The van der Waals surface area contributed by atoms with Gasteiger partial charge in [-0.05, 0) is 83.8 Å². The normalized spacial score (nSPS) is 11.7. The lowest BCUT2D eigenvalue weighted by atomic mass is 10.0. The lowest BCUT2D eigenvalue weighted by molar-refractivity contribution is -0.485. The van der Waals surface area contributed by atoms with Gasteiger partial charge < -0.3 is 25.0 Å². The number of unbranched alkanes of at least 4 members (excludes halogenated alkanes) is 24. The zero-order valence-corrected chi connectivity index (χ0v) is 38.7. The summed E-state index contributed by atoms with van der Waals surface area (Å²) in [4.78, 5) is 25.5. The van der Waals surface area contributed by atoms with Crippen molar-refractivity contribution in [1.82, 2.24) is 15.5 Å². The molecule has 0 atom stereocenters. The van der Waals surface area contributed by atoms with E-state index in [4.69, 9.17) is 9.47 Å². The van der Waals surface area contributed by atoms with Crippen molar-refractivity contribution >= 4 is 11.9 Å². The van der Waals surface area contributed by atoms with Crippen LogP contribution in [0.3, 0.4) is 0 Å². The van der Waals surface area contributed by atoms with Gasteiger partial charge in [0.05, 0.1) is 18.5 Å². The van der Waals surface area contributed by atoms with E-state index in [1.165, 1.54) is 148 Å². The van der Waals surface area contributed by atoms with Crippen LogP contribution in [0.5, 0.6) is 0 Å². The molecule has 10 heteroatoms. The maximum atomic E-state index is 12.1. The van der Waals surface area contributed by atoms with Gasteiger partial charge in [-0.2, -0.15) is 0 Å². The molecule has 0 spiro atoms. The molecule has 0 saturated heterocycles. The van der Waals surface area contributed by atoms with E-state index in [9.17, 15) is 14.9 Å². The van der Waals surface area contributed by atoms with Crippen molar-refractivity contribution in [2.75, 3.05) is 39.8 Å². The lowest BCUT2D eigenvalue weighted by Gasteiger charge is -2.22. The highest BCUT2D eigenvalue weighted by Gasteiger charge is 2.12. The highest BCUT2D eigenvalue weighted by Crippen LogP contribution is 2.21. The van der Waals surface area contributed by atoms with Gasteiger partial charge >= 0.3 is 5.97 Å². The van der Waals surface area contributed by atoms with Crippen molar-refractivity contribution in [3.63, 3.8) is 0 Å². The fourth-order valence-corrected chi connectivity index (χ4v) is 7.60. The van der Waals surface area contributed by atoms with Crippen LogP contribution in [0.2, 0.25) is 0 Å². The molecule has 0 bridgehead atoms. The molecule has 10 nitrogen and oxygen atoms in total. The van der Waals surface area contributed by atoms with Gasteiger partial charge in [-0.25, -0.2) is 10.1 Å². The molecule has 0 heterocycles. The average Bonchev–Trinajstić information content (AvgIpc) is 3.21. The predicted octanol–water partition coefficient (Wildman–Crippen LogP) is 13.4. The first-order chi connectivity index (χ1) is 28.4. The van der Waals surface area contributed by atoms with Crippen LogP contribution in [0.25, 0.3) is 0 Å². The third-order valence-electron chi connectivity index (χ3n) is 11.3. The quantitative estimate of drug-likeness (QED) is 0.0119. The minimum absolute atomic E-state index is 0.0417. The number of nitrogens with zero attached hydrogens (tertiary/aromatic N) is 3. The molecule has 0 fully saturated rings. The standard InChI is InChI=1S/C48H95N5O5/c1-6-9-12-15-18-27-34-44-57-47(54)39-31-24-20-26-33-42-52(43-35-40-50-48(49-5)51-53(55)56)41-32-25-19-21-28-36-45(4)58-46(37-29-22-16-13-10-7-2)38-30-23-17-14-11-8-3/h46H,4,6-44H2,1-3,5H3,(H2,49,50,51). The first kappa shape index (κ1) is 55.6. The number of hydrazone groups is 1. The Morgan fingerprint density at radius 2 is 1.05 bits per heavy atom. The highest BCUT2D eigenvalue weighted by molar-refractivity contribution is 5.78. The van der Waals surface area contributed by atoms with Crippen molar-refractivity contribution in [2.45, 2.75) is 245 Å². The second kappa shape index (κ2) is 44.2. The van der Waals surface area contributed by atoms with Crippen LogP contribution in [0.4, 0.5) is 0 Å². The number of esters is 1. The van der Waals surface area contributed by atoms with Gasteiger partial charge in [0.1, 0.15) is 5.10 Å². The van der Waals surface area contributed by atoms with E-state index in [-0.39, 0.29) is 11.9 Å². The highest BCUT2D eigenvalue weighted by atomic mass is 16.7. The zero-order chi connectivity index (χ0) is 42.6. The number of carbonyl (C=O) groups is 1. The molecule has 0 aromatic heterocycles. The summed E-state index contributed by atoms with van der Waals surface area (Å²) in [6, 6.07) is 0. The minimum atomic E-state index is -0.681. The SMILES string of the molecule is C=C(CCCCCCCN(CCCCCCCC(=O)OCCCCCCCCC)CCCN/C(=N/[N+](=O)[O-])NC)OC(CCCCCCCC)CCCCCCCC. The number of guanidine groups is 1. The number of hydrogen-bond donors (Lipinski definition) is 2. The van der Waals surface area contributed by atoms with Crippen molar-refractivity contribution in [3.8, 4) is 0 Å². The Kier molecular flexibility index (Phi) is 42.4. The summed E-state index contributed by atoms with van der Waals surface area (Å²) in [5, 5.41) is 19.3. The van der Waals surface area contributed by atoms with Crippen LogP contribution in [0.1, 0.15) is 239 Å². The van der Waals surface area contributed by atoms with Gasteiger partial charge in [0.15, 0.2) is 5.03 Å². The molecule has 0 amide bonds. The van der Waals surface area contributed by atoms with E-state index in [2.05, 4.69) is 48.0 Å². The van der Waals surface area contributed by atoms with E-state index in [0.29, 0.717) is 25.7 Å². The second-order valence-corrected chi connectivity index (χ2v) is 16.8. The summed E-state index contributed by atoms with van der Waals surface area (Å²) in [5.41, 5.74) is 0. The molecule has 0 aromatic carbocycles. The third kappa shape index (κ3) is 40.4. The minimum Gasteiger partial charge on any atom is -0.495 e. The Balaban J connectivity index is 4.48. The van der Waals surface area contributed by atoms with Crippen LogP contribution in [-0.4, -0.2) is 67.8 Å². The average molecular weight is 822 g/mol. The maximum absolute atomic E-state index is 12.1. The van der Waals surface area contributed by atoms with Gasteiger partial charge in [-0.3, -0.25) is 4.79 Å². The first-order valence-electron chi connectivity index (χ1n) is 24.7. The zero-order valence-electron chi connectivity index (χ0n) is 38.7. The van der Waals surface area contributed by atoms with Gasteiger partial charge in [-0.1, -0.05) is 169 Å². The third-order valence-corrected chi connectivity index (χ3v) is 11.3. The van der Waals surface area contributed by atoms with Crippen LogP contribution in [0, 0.1) is 10.1 Å². The number of ether oxygens (including phenoxy) is 2. The lowest BCUT2D eigenvalue weighted by Crippen LogP contribution is -2.37. The fraction of sp³-hybridized carbons (Fsp3) is 0.917. The maximum Gasteiger partial charge on any atom is 0.305 e. The van der Waals surface area contributed by atoms with Crippen LogP contribution < -0.4 is 10.6 Å². The topological polar surface area (TPSA) is 118 Å². The molecule has 0 unspecified atom stereocenters. The first-order valence-corrected chi connectivity index (χ1v) is 24.7. The van der Waals surface area contributed by atoms with Crippen LogP contribution in [0.15, 0.2) is 17.4 Å². The van der Waals surface area contributed by atoms with Gasteiger partial charge in [-0.15, -0.1) is 0 Å². The number of allylic oxidation sites excluding steroid dienone is 1. The summed E-state index contributed by atoms with van der Waals surface area (Å²) in [7, 11) is 1.63. The van der Waals surface area contributed by atoms with E-state index in [1.807, 2.05) is 0 Å². The summed E-state index contributed by atoms with van der Waals surface area (Å²) in [6.45, 7) is 15.4. The van der Waals surface area contributed by atoms with Crippen molar-refractivity contribution < 1.29 is 19.3 Å². The smallest absolute Gasteiger partial charge is 0.305 e. The molecule has 2 N–H and O–H groups in total. The molecule has 0 aliphatic rings. The predicted molar refractivity (Wildman–Crippen MR) is 247 cm³/mol. The summed E-state index contributed by atoms with van der Waals surface area (Å²) >= 11 is 0. The molecule has 0 aliphatic carbocycles. The van der Waals surface area contributed by atoms with E-state index in [1.54, 1.807) is 7.05 Å². The number of nitrogens with one attached hydrogen (secondary N) is 2. The molecule has 0 rings (SSSR count). The molecule has 0 saturated carbocycles. The van der Waals surface area contributed by atoms with Crippen LogP contribution >= 0.6 is 0 Å². The number of nitro groups is 1. The van der Waals surface area contributed by atoms with Crippen molar-refractivity contribution in [3.05, 3.63) is 22.5 Å². The van der Waals surface area contributed by atoms with E-state index in [0.717, 1.165) is 89.6 Å². The van der Waals surface area contributed by atoms with Crippen molar-refractivity contribution in [2.24, 2.45) is 5.10 Å². The molecule has 0 radical (unpaired) electrons. The Morgan fingerprint density at radius 1 is 0.621 bits per heavy atom. The molecule has 0 aliphatic heterocycles. The van der Waals surface area contributed by atoms with E-state index < -0.39 is 5.03 Å². The Morgan fingerprint density at radius 3 is 1.55 bits per heavy atom. The van der Waals surface area contributed by atoms with Gasteiger partial charge in [0, 0.05) is 26.4 Å². The van der Waals surface area contributed by atoms with Gasteiger partial charge in [0.25, 0.3) is 5.96 Å². The number of hydrogen-bond acceptors (Lipinski definition) is 6. The Labute approximate surface area is 358 Å². The molecule has 0 aromatic rings. The monoisotopic (exact) mass is 822 g/mol. The molecular weight excluding hydrogens is 727 g/mol. The second-order valence-electron chi connectivity index (χ2n) is 16.8. The van der Waals surface area contributed by atoms with Gasteiger partial charge in [0.2, 0.25) is 0 Å². The largest absolute Gasteiger partial charge is 0.495 e. The van der Waals surface area contributed by atoms with Crippen molar-refractivity contribution in [1.29, 1.82) is 0 Å². The molecule has 58 heavy (non-hydrogen) atoms. The number of carbonyl (C=O) groups excluding carboxylic acids is 1. The molecule has 342 valence electrons. The summed E-state index contributed by atoms with van der Waals surface area (Å²) in [5.74, 6) is 1.14. The summed E-state index contributed by atoms with van der Waals surface area (Å²) < 4.78 is 11.9. The Hall–Kier alpha value is -2.36.